The van der Waals surface area contributed by atoms with Gasteiger partial charge in [-0.05, 0) is 19.1 Å². The fourth-order valence-corrected chi connectivity index (χ4v) is 3.06. The topological polar surface area (TPSA) is 104 Å². The number of carbonyl (C=O) groups excluding carboxylic acids is 1. The van der Waals surface area contributed by atoms with Crippen molar-refractivity contribution in [2.45, 2.75) is 13.1 Å². The van der Waals surface area contributed by atoms with Crippen molar-refractivity contribution in [3.05, 3.63) is 79.8 Å². The molecule has 3 rings (SSSR count). The number of aromatic nitrogens is 2. The Kier molecular flexibility index (Phi) is 7.55. The SMILES string of the molecule is CCOC(=O)CON1NC=CC=C1Oc1cc(-n2c(=O)cc(C(F)(F)F)n(C)c2=O)c(F)cc1Cl. The molecule has 0 saturated heterocycles. The van der Waals surface area contributed by atoms with E-state index < -0.39 is 47.2 Å². The van der Waals surface area contributed by atoms with Gasteiger partial charge in [-0.15, -0.1) is 5.17 Å². The minimum atomic E-state index is -4.99. The van der Waals surface area contributed by atoms with Crippen LogP contribution in [0.5, 0.6) is 5.75 Å². The number of hydrogen-bond donors (Lipinski definition) is 1. The molecule has 0 bridgehead atoms. The Bertz CT molecular complexity index is 1320. The highest BCUT2D eigenvalue weighted by Gasteiger charge is 2.35. The molecule has 2 heterocycles. The highest BCUT2D eigenvalue weighted by molar-refractivity contribution is 6.32. The first kappa shape index (κ1) is 25.8. The second kappa shape index (κ2) is 10.2. The van der Waals surface area contributed by atoms with Gasteiger partial charge in [-0.2, -0.15) is 13.2 Å². The van der Waals surface area contributed by atoms with Crippen LogP contribution in [-0.2, 0) is 27.6 Å². The zero-order valence-corrected chi connectivity index (χ0v) is 18.8. The van der Waals surface area contributed by atoms with E-state index in [1.54, 1.807) is 6.92 Å². The summed E-state index contributed by atoms with van der Waals surface area (Å²) < 4.78 is 64.7. The lowest BCUT2D eigenvalue weighted by Gasteiger charge is -2.26. The van der Waals surface area contributed by atoms with Gasteiger partial charge in [0, 0.05) is 31.5 Å². The second-order valence-corrected chi connectivity index (χ2v) is 7.15. The molecule has 0 amide bonds. The molecule has 0 saturated carbocycles. The quantitative estimate of drug-likeness (QED) is 0.438. The van der Waals surface area contributed by atoms with Gasteiger partial charge in [0.2, 0.25) is 5.88 Å². The summed E-state index contributed by atoms with van der Waals surface area (Å²) in [6.45, 7) is 1.23. The van der Waals surface area contributed by atoms with Crippen LogP contribution >= 0.6 is 11.6 Å². The number of esters is 1. The Morgan fingerprint density at radius 1 is 1.20 bits per heavy atom. The molecule has 1 aliphatic heterocycles. The summed E-state index contributed by atoms with van der Waals surface area (Å²) in [4.78, 5) is 41.7. The van der Waals surface area contributed by atoms with Crippen LogP contribution in [0.2, 0.25) is 5.02 Å². The monoisotopic (exact) mass is 520 g/mol. The number of hydrogen-bond acceptors (Lipinski definition) is 8. The van der Waals surface area contributed by atoms with Crippen LogP contribution in [0.3, 0.4) is 0 Å². The summed E-state index contributed by atoms with van der Waals surface area (Å²) >= 11 is 6.04. The van der Waals surface area contributed by atoms with E-state index in [4.69, 9.17) is 25.9 Å². The molecule has 0 unspecified atom stereocenters. The molecule has 1 aliphatic rings. The zero-order chi connectivity index (χ0) is 25.9. The van der Waals surface area contributed by atoms with E-state index in [0.29, 0.717) is 6.07 Å². The summed E-state index contributed by atoms with van der Waals surface area (Å²) in [5, 5.41) is 0.614. The van der Waals surface area contributed by atoms with Crippen LogP contribution in [-0.4, -0.2) is 33.5 Å². The van der Waals surface area contributed by atoms with Gasteiger partial charge in [-0.25, -0.2) is 23.4 Å². The minimum absolute atomic E-state index is 0.107. The average molecular weight is 521 g/mol. The molecule has 10 nitrogen and oxygen atoms in total. The molecule has 1 aromatic carbocycles. The van der Waals surface area contributed by atoms with Crippen LogP contribution in [0.4, 0.5) is 17.6 Å². The summed E-state index contributed by atoms with van der Waals surface area (Å²) in [6.07, 6.45) is -0.723. The molecule has 35 heavy (non-hydrogen) atoms. The van der Waals surface area contributed by atoms with Crippen LogP contribution in [0.15, 0.2) is 52.0 Å². The van der Waals surface area contributed by atoms with Crippen LogP contribution < -0.4 is 21.4 Å². The molecular formula is C20H17ClF4N4O6. The summed E-state index contributed by atoms with van der Waals surface area (Å²) in [6, 6.07) is 1.74. The van der Waals surface area contributed by atoms with Crippen LogP contribution in [0.25, 0.3) is 5.69 Å². The predicted octanol–water partition coefficient (Wildman–Crippen LogP) is 2.40. The number of nitrogens with zero attached hydrogens (tertiary/aromatic N) is 3. The van der Waals surface area contributed by atoms with Gasteiger partial charge in [-0.1, -0.05) is 11.6 Å². The van der Waals surface area contributed by atoms with Gasteiger partial charge in [-0.3, -0.25) is 14.8 Å². The van der Waals surface area contributed by atoms with Gasteiger partial charge in [0.05, 0.1) is 17.3 Å². The Hall–Kier alpha value is -3.78. The summed E-state index contributed by atoms with van der Waals surface area (Å²) in [5.74, 6) is -2.25. The first-order valence-electron chi connectivity index (χ1n) is 9.73. The number of rotatable bonds is 7. The Morgan fingerprint density at radius 3 is 2.57 bits per heavy atom. The van der Waals surface area contributed by atoms with Crippen molar-refractivity contribution in [2.75, 3.05) is 13.2 Å². The van der Waals surface area contributed by atoms with Gasteiger partial charge >= 0.3 is 17.8 Å². The number of alkyl halides is 3. The first-order chi connectivity index (χ1) is 16.4. The highest BCUT2D eigenvalue weighted by atomic mass is 35.5. The number of allylic oxidation sites excluding steroid dienone is 2. The van der Waals surface area contributed by atoms with Gasteiger partial charge in [0.25, 0.3) is 5.56 Å². The Balaban J connectivity index is 1.99. The number of hydroxylamine groups is 1. The minimum Gasteiger partial charge on any atom is -0.464 e. The fraction of sp³-hybridized carbons (Fsp3) is 0.250. The van der Waals surface area contributed by atoms with Crippen molar-refractivity contribution in [1.29, 1.82) is 0 Å². The summed E-state index contributed by atoms with van der Waals surface area (Å²) in [5.41, 5.74) is -2.47. The molecule has 0 atom stereocenters. The van der Waals surface area contributed by atoms with Crippen molar-refractivity contribution in [3.63, 3.8) is 0 Å². The number of ether oxygens (including phenoxy) is 2. The van der Waals surface area contributed by atoms with E-state index in [1.165, 1.54) is 18.4 Å². The number of halogens is 5. The molecule has 0 aliphatic carbocycles. The maximum Gasteiger partial charge on any atom is 0.431 e. The number of carbonyl (C=O) groups is 1. The van der Waals surface area contributed by atoms with Crippen molar-refractivity contribution < 1.29 is 36.7 Å². The van der Waals surface area contributed by atoms with E-state index in [0.717, 1.165) is 18.3 Å². The maximum atomic E-state index is 14.7. The van der Waals surface area contributed by atoms with E-state index in [1.807, 2.05) is 0 Å². The first-order valence-corrected chi connectivity index (χ1v) is 10.1. The molecule has 1 N–H and O–H groups in total. The average Bonchev–Trinajstić information content (AvgIpc) is 2.78. The molecule has 0 spiro atoms. The molecule has 188 valence electrons. The van der Waals surface area contributed by atoms with E-state index in [2.05, 4.69) is 5.43 Å². The van der Waals surface area contributed by atoms with Gasteiger partial charge in [0.1, 0.15) is 17.3 Å². The highest BCUT2D eigenvalue weighted by Crippen LogP contribution is 2.32. The van der Waals surface area contributed by atoms with Crippen molar-refractivity contribution >= 4 is 17.6 Å². The smallest absolute Gasteiger partial charge is 0.431 e. The lowest BCUT2D eigenvalue weighted by atomic mass is 10.2. The largest absolute Gasteiger partial charge is 0.464 e. The van der Waals surface area contributed by atoms with Crippen LogP contribution in [0.1, 0.15) is 12.6 Å². The molecule has 1 aromatic heterocycles. The number of benzene rings is 1. The van der Waals surface area contributed by atoms with Gasteiger partial charge in [0.15, 0.2) is 6.61 Å². The molecule has 2 aromatic rings. The lowest BCUT2D eigenvalue weighted by molar-refractivity contribution is -0.197. The molecule has 15 heteroatoms. The molecule has 0 fully saturated rings. The second-order valence-electron chi connectivity index (χ2n) is 6.74. The molecular weight excluding hydrogens is 504 g/mol. The molecule has 0 radical (unpaired) electrons. The predicted molar refractivity (Wildman–Crippen MR) is 113 cm³/mol. The van der Waals surface area contributed by atoms with Crippen molar-refractivity contribution in [3.8, 4) is 11.4 Å². The normalized spacial score (nSPS) is 13.3. The maximum absolute atomic E-state index is 14.7. The van der Waals surface area contributed by atoms with Crippen molar-refractivity contribution in [1.82, 2.24) is 19.7 Å². The van der Waals surface area contributed by atoms with Crippen molar-refractivity contribution in [2.24, 2.45) is 7.05 Å². The Labute approximate surface area is 199 Å². The Morgan fingerprint density at radius 2 is 1.91 bits per heavy atom. The fourth-order valence-electron chi connectivity index (χ4n) is 2.87. The number of hydrazine groups is 1. The number of nitrogens with one attached hydrogen (secondary N) is 1. The van der Waals surface area contributed by atoms with E-state index in [9.17, 15) is 31.9 Å². The van der Waals surface area contributed by atoms with Crippen LogP contribution in [0, 0.1) is 5.82 Å². The lowest BCUT2D eigenvalue weighted by Crippen LogP contribution is -2.41. The zero-order valence-electron chi connectivity index (χ0n) is 18.1. The van der Waals surface area contributed by atoms with E-state index >= 15 is 0 Å². The van der Waals surface area contributed by atoms with E-state index in [-0.39, 0.29) is 38.5 Å². The third kappa shape index (κ3) is 5.66. The summed E-state index contributed by atoms with van der Waals surface area (Å²) in [7, 11) is 0.788. The third-order valence-corrected chi connectivity index (χ3v) is 4.71. The standard InChI is InChI=1S/C20H17ClF4N4O6/c1-3-33-18(31)10-34-29-17(5-4-6-26-29)35-14-8-13(12(22)7-11(14)21)28-16(30)9-15(20(23,24)25)27(2)19(28)32/h4-9,26H,3,10H2,1-2H3. The van der Waals surface area contributed by atoms with Gasteiger partial charge < -0.3 is 9.47 Å². The third-order valence-electron chi connectivity index (χ3n) is 4.41.